The molecule has 4 nitrogen and oxygen atoms in total. The Morgan fingerprint density at radius 1 is 1.33 bits per heavy atom. The molecule has 0 bridgehead atoms. The summed E-state index contributed by atoms with van der Waals surface area (Å²) < 4.78 is 1.76. The van der Waals surface area contributed by atoms with Crippen molar-refractivity contribution in [3.8, 4) is 0 Å². The maximum Gasteiger partial charge on any atom is 0.307 e. The van der Waals surface area contributed by atoms with Crippen molar-refractivity contribution in [3.63, 3.8) is 0 Å². The van der Waals surface area contributed by atoms with E-state index in [9.17, 15) is 9.59 Å². The lowest BCUT2D eigenvalue weighted by Crippen LogP contribution is -2.30. The average Bonchev–Trinajstić information content (AvgIpc) is 2.31. The molecule has 1 rings (SSSR count). The van der Waals surface area contributed by atoms with Gasteiger partial charge in [0, 0.05) is 14.0 Å². The number of carboxylic acid groups (broad SMARTS) is 1. The van der Waals surface area contributed by atoms with Crippen molar-refractivity contribution in [3.05, 3.63) is 26.2 Å². The van der Waals surface area contributed by atoms with Gasteiger partial charge in [0.15, 0.2) is 0 Å². The largest absolute Gasteiger partial charge is 0.481 e. The summed E-state index contributed by atoms with van der Waals surface area (Å²) in [7, 11) is 0. The highest BCUT2D eigenvalue weighted by Gasteiger charge is 2.26. The third-order valence-electron chi connectivity index (χ3n) is 2.74. The average molecular weight is 426 g/mol. The van der Waals surface area contributed by atoms with Gasteiger partial charge in [-0.15, -0.1) is 0 Å². The Bertz CT molecular complexity index is 478. The molecular weight excluding hydrogens is 413 g/mol. The molecule has 98 valence electrons. The first kappa shape index (κ1) is 15.4. The maximum absolute atomic E-state index is 11.9. The molecule has 6 heteroatoms. The molecule has 1 aromatic carbocycles. The molecule has 0 aliphatic heterocycles. The first-order valence-corrected chi connectivity index (χ1v) is 7.18. The topological polar surface area (TPSA) is 66.4 Å². The number of nitrogens with one attached hydrogen (secondary N) is 1. The summed E-state index contributed by atoms with van der Waals surface area (Å²) in [6.07, 6.45) is 0. The van der Waals surface area contributed by atoms with E-state index >= 15 is 0 Å². The SMILES string of the molecule is CC(C(=O)O)C(C)C(=O)Nc1cc(I)ccc1Br. The molecule has 0 aliphatic rings. The number of hydrogen-bond acceptors (Lipinski definition) is 2. The van der Waals surface area contributed by atoms with Gasteiger partial charge in [-0.2, -0.15) is 0 Å². The summed E-state index contributed by atoms with van der Waals surface area (Å²) in [5, 5.41) is 11.6. The molecule has 0 fully saturated rings. The van der Waals surface area contributed by atoms with Gasteiger partial charge in [-0.1, -0.05) is 13.8 Å². The fourth-order valence-electron chi connectivity index (χ4n) is 1.28. The number of carboxylic acids is 1. The predicted octanol–water partition coefficient (Wildman–Crippen LogP) is 3.35. The molecule has 0 aromatic heterocycles. The standard InChI is InChI=1S/C12H13BrINO3/c1-6(7(2)12(17)18)11(16)15-10-5-8(14)3-4-9(10)13/h3-7H,1-2H3,(H,15,16)(H,17,18). The van der Waals surface area contributed by atoms with Crippen LogP contribution in [0.25, 0.3) is 0 Å². The lowest BCUT2D eigenvalue weighted by Gasteiger charge is -2.16. The summed E-state index contributed by atoms with van der Waals surface area (Å²) in [5.41, 5.74) is 0.649. The second-order valence-electron chi connectivity index (χ2n) is 4.03. The van der Waals surface area contributed by atoms with Gasteiger partial charge in [-0.3, -0.25) is 9.59 Å². The fraction of sp³-hybridized carbons (Fsp3) is 0.333. The third-order valence-corrected chi connectivity index (χ3v) is 4.10. The van der Waals surface area contributed by atoms with E-state index in [0.717, 1.165) is 8.04 Å². The summed E-state index contributed by atoms with van der Waals surface area (Å²) in [4.78, 5) is 22.8. The van der Waals surface area contributed by atoms with Gasteiger partial charge in [0.05, 0.1) is 11.6 Å². The highest BCUT2D eigenvalue weighted by Crippen LogP contribution is 2.25. The van der Waals surface area contributed by atoms with Gasteiger partial charge in [-0.05, 0) is 56.7 Å². The molecule has 0 saturated heterocycles. The zero-order valence-corrected chi connectivity index (χ0v) is 13.6. The van der Waals surface area contributed by atoms with Gasteiger partial charge in [0.2, 0.25) is 5.91 Å². The zero-order valence-electron chi connectivity index (χ0n) is 9.91. The van der Waals surface area contributed by atoms with Crippen LogP contribution in [0.3, 0.4) is 0 Å². The number of halogens is 2. The van der Waals surface area contributed by atoms with Crippen LogP contribution in [0.1, 0.15) is 13.8 Å². The molecule has 0 radical (unpaired) electrons. The minimum atomic E-state index is -0.973. The predicted molar refractivity (Wildman–Crippen MR) is 81.5 cm³/mol. The molecule has 2 unspecified atom stereocenters. The summed E-state index contributed by atoms with van der Waals surface area (Å²) in [6, 6.07) is 5.56. The Balaban J connectivity index is 2.81. The van der Waals surface area contributed by atoms with Crippen molar-refractivity contribution in [1.82, 2.24) is 0 Å². The minimum absolute atomic E-state index is 0.299. The minimum Gasteiger partial charge on any atom is -0.481 e. The third kappa shape index (κ3) is 3.94. The first-order chi connectivity index (χ1) is 8.32. The maximum atomic E-state index is 11.9. The van der Waals surface area contributed by atoms with E-state index in [0.29, 0.717) is 5.69 Å². The molecule has 1 amide bonds. The van der Waals surface area contributed by atoms with E-state index in [-0.39, 0.29) is 5.91 Å². The van der Waals surface area contributed by atoms with Crippen LogP contribution in [0.15, 0.2) is 22.7 Å². The van der Waals surface area contributed by atoms with E-state index in [2.05, 4.69) is 43.8 Å². The molecule has 2 N–H and O–H groups in total. The smallest absolute Gasteiger partial charge is 0.307 e. The van der Waals surface area contributed by atoms with Crippen LogP contribution in [0.4, 0.5) is 5.69 Å². The van der Waals surface area contributed by atoms with Gasteiger partial charge in [0.1, 0.15) is 0 Å². The molecule has 1 aromatic rings. The molecule has 0 saturated carbocycles. The van der Waals surface area contributed by atoms with E-state index in [1.807, 2.05) is 18.2 Å². The van der Waals surface area contributed by atoms with Crippen molar-refractivity contribution in [2.45, 2.75) is 13.8 Å². The van der Waals surface area contributed by atoms with Crippen LogP contribution in [-0.2, 0) is 9.59 Å². The lowest BCUT2D eigenvalue weighted by atomic mass is 9.95. The van der Waals surface area contributed by atoms with Crippen molar-refractivity contribution in [1.29, 1.82) is 0 Å². The van der Waals surface area contributed by atoms with Crippen LogP contribution in [0, 0.1) is 15.4 Å². The monoisotopic (exact) mass is 425 g/mol. The summed E-state index contributed by atoms with van der Waals surface area (Å²) in [6.45, 7) is 3.13. The molecule has 0 spiro atoms. The van der Waals surface area contributed by atoms with Crippen molar-refractivity contribution < 1.29 is 14.7 Å². The van der Waals surface area contributed by atoms with Gasteiger partial charge in [-0.25, -0.2) is 0 Å². The Kier molecular flexibility index (Phi) is 5.58. The number of carbonyl (C=O) groups is 2. The molecule has 2 atom stereocenters. The summed E-state index contributed by atoms with van der Waals surface area (Å²) >= 11 is 5.48. The Morgan fingerprint density at radius 3 is 2.50 bits per heavy atom. The second-order valence-corrected chi connectivity index (χ2v) is 6.13. The second kappa shape index (κ2) is 6.51. The number of anilines is 1. The zero-order chi connectivity index (χ0) is 13.9. The first-order valence-electron chi connectivity index (χ1n) is 5.31. The van der Waals surface area contributed by atoms with Crippen LogP contribution in [0.5, 0.6) is 0 Å². The molecule has 0 aliphatic carbocycles. The van der Waals surface area contributed by atoms with Crippen molar-refractivity contribution in [2.24, 2.45) is 11.8 Å². The number of benzene rings is 1. The molecular formula is C12H13BrINO3. The van der Waals surface area contributed by atoms with Crippen LogP contribution >= 0.6 is 38.5 Å². The highest BCUT2D eigenvalue weighted by atomic mass is 127. The van der Waals surface area contributed by atoms with E-state index < -0.39 is 17.8 Å². The number of aliphatic carboxylic acids is 1. The number of hydrogen-bond donors (Lipinski definition) is 2. The number of amides is 1. The molecule has 0 heterocycles. The Labute approximate surface area is 127 Å². The van der Waals surface area contributed by atoms with Crippen LogP contribution in [0.2, 0.25) is 0 Å². The van der Waals surface area contributed by atoms with E-state index in [4.69, 9.17) is 5.11 Å². The number of carbonyl (C=O) groups excluding carboxylic acids is 1. The molecule has 18 heavy (non-hydrogen) atoms. The van der Waals surface area contributed by atoms with Gasteiger partial charge >= 0.3 is 5.97 Å². The quantitative estimate of drug-likeness (QED) is 0.727. The van der Waals surface area contributed by atoms with E-state index in [1.165, 1.54) is 6.92 Å². The number of rotatable bonds is 4. The Hall–Kier alpha value is -0.630. The van der Waals surface area contributed by atoms with Crippen molar-refractivity contribution in [2.75, 3.05) is 5.32 Å². The normalized spacial score (nSPS) is 13.8. The summed E-state index contributed by atoms with van der Waals surface area (Å²) in [5.74, 6) is -2.58. The van der Waals surface area contributed by atoms with E-state index in [1.54, 1.807) is 6.92 Å². The van der Waals surface area contributed by atoms with Gasteiger partial charge in [0.25, 0.3) is 0 Å². The lowest BCUT2D eigenvalue weighted by molar-refractivity contribution is -0.145. The van der Waals surface area contributed by atoms with Crippen molar-refractivity contribution >= 4 is 56.1 Å². The highest BCUT2D eigenvalue weighted by molar-refractivity contribution is 14.1. The fourth-order valence-corrected chi connectivity index (χ4v) is 2.12. The Morgan fingerprint density at radius 2 is 1.94 bits per heavy atom. The van der Waals surface area contributed by atoms with Gasteiger partial charge < -0.3 is 10.4 Å². The van der Waals surface area contributed by atoms with Crippen LogP contribution in [-0.4, -0.2) is 17.0 Å². The van der Waals surface area contributed by atoms with Crippen LogP contribution < -0.4 is 5.32 Å².